The third-order valence-electron chi connectivity index (χ3n) is 1.98. The lowest BCUT2D eigenvalue weighted by molar-refractivity contribution is 1.13. The number of hydrogen-bond donors (Lipinski definition) is 0. The van der Waals surface area contributed by atoms with Crippen molar-refractivity contribution < 1.29 is 0 Å². The molecule has 1 rings (SSSR count). The van der Waals surface area contributed by atoms with E-state index in [0.717, 1.165) is 6.42 Å². The molecule has 0 atom stereocenters. The van der Waals surface area contributed by atoms with Gasteiger partial charge in [-0.1, -0.05) is 48.5 Å². The van der Waals surface area contributed by atoms with E-state index >= 15 is 0 Å². The number of aryl methyl sites for hydroxylation is 1. The third kappa shape index (κ3) is 2.96. The Morgan fingerprint density at radius 2 is 2.21 bits per heavy atom. The van der Waals surface area contributed by atoms with Crippen molar-refractivity contribution in [3.05, 3.63) is 51.9 Å². The summed E-state index contributed by atoms with van der Waals surface area (Å²) in [7, 11) is 0. The van der Waals surface area contributed by atoms with Gasteiger partial charge >= 0.3 is 0 Å². The zero-order valence-corrected chi connectivity index (χ0v) is 8.22. The van der Waals surface area contributed by atoms with Crippen LogP contribution in [0.3, 0.4) is 0 Å². The minimum absolute atomic E-state index is 0.411. The Labute approximate surface area is 83.7 Å². The standard InChI is InChI=1S/C11H13N3/c1-2-10-6-3-4-7-11(10)8-5-9-13-14-12/h3-8H,2,9H2,1H3. The van der Waals surface area contributed by atoms with Crippen LogP contribution in [0.25, 0.3) is 16.5 Å². The summed E-state index contributed by atoms with van der Waals surface area (Å²) in [4.78, 5) is 2.68. The molecular weight excluding hydrogens is 174 g/mol. The van der Waals surface area contributed by atoms with Crippen molar-refractivity contribution in [2.75, 3.05) is 6.54 Å². The van der Waals surface area contributed by atoms with E-state index in [4.69, 9.17) is 5.53 Å². The first-order valence-electron chi connectivity index (χ1n) is 4.63. The highest BCUT2D eigenvalue weighted by molar-refractivity contribution is 5.53. The average Bonchev–Trinajstić information content (AvgIpc) is 2.25. The maximum atomic E-state index is 8.09. The fourth-order valence-corrected chi connectivity index (χ4v) is 1.28. The topological polar surface area (TPSA) is 48.8 Å². The van der Waals surface area contributed by atoms with Gasteiger partial charge in [-0.25, -0.2) is 0 Å². The summed E-state index contributed by atoms with van der Waals surface area (Å²) < 4.78 is 0. The van der Waals surface area contributed by atoms with Crippen LogP contribution < -0.4 is 0 Å². The smallest absolute Gasteiger partial charge is 0.0443 e. The number of azide groups is 1. The molecule has 1 aromatic carbocycles. The largest absolute Gasteiger partial charge is 0.0899 e. The Morgan fingerprint density at radius 1 is 1.43 bits per heavy atom. The first-order valence-corrected chi connectivity index (χ1v) is 4.63. The van der Waals surface area contributed by atoms with Gasteiger partial charge < -0.3 is 0 Å². The molecule has 0 aromatic heterocycles. The van der Waals surface area contributed by atoms with Gasteiger partial charge in [0, 0.05) is 11.5 Å². The second kappa shape index (κ2) is 5.84. The number of hydrogen-bond acceptors (Lipinski definition) is 1. The van der Waals surface area contributed by atoms with Gasteiger partial charge in [0.25, 0.3) is 0 Å². The molecule has 0 fully saturated rings. The molecule has 3 heteroatoms. The third-order valence-corrected chi connectivity index (χ3v) is 1.98. The van der Waals surface area contributed by atoms with Crippen LogP contribution in [0.5, 0.6) is 0 Å². The second-order valence-electron chi connectivity index (χ2n) is 2.87. The molecule has 0 aliphatic heterocycles. The lowest BCUT2D eigenvalue weighted by Crippen LogP contribution is -1.84. The molecular formula is C11H13N3. The molecule has 0 bridgehead atoms. The predicted octanol–water partition coefficient (Wildman–Crippen LogP) is 3.57. The zero-order valence-electron chi connectivity index (χ0n) is 8.22. The van der Waals surface area contributed by atoms with Gasteiger partial charge in [0.1, 0.15) is 0 Å². The molecule has 0 aliphatic carbocycles. The average molecular weight is 187 g/mol. The van der Waals surface area contributed by atoms with E-state index in [1.54, 1.807) is 0 Å². The highest BCUT2D eigenvalue weighted by Crippen LogP contribution is 2.10. The van der Waals surface area contributed by atoms with Gasteiger partial charge in [-0.15, -0.1) is 0 Å². The van der Waals surface area contributed by atoms with E-state index in [9.17, 15) is 0 Å². The van der Waals surface area contributed by atoms with Crippen LogP contribution >= 0.6 is 0 Å². The summed E-state index contributed by atoms with van der Waals surface area (Å²) in [6, 6.07) is 8.20. The van der Waals surface area contributed by atoms with E-state index in [1.807, 2.05) is 24.3 Å². The van der Waals surface area contributed by atoms with Gasteiger partial charge in [-0.3, -0.25) is 0 Å². The van der Waals surface area contributed by atoms with Crippen LogP contribution in [0.4, 0.5) is 0 Å². The molecule has 0 N–H and O–H groups in total. The Bertz CT molecular complexity index is 363. The molecule has 0 heterocycles. The molecule has 0 spiro atoms. The Balaban J connectivity index is 2.74. The van der Waals surface area contributed by atoms with Gasteiger partial charge in [-0.2, -0.15) is 0 Å². The quantitative estimate of drug-likeness (QED) is 0.393. The summed E-state index contributed by atoms with van der Waals surface area (Å²) in [6.45, 7) is 2.54. The van der Waals surface area contributed by atoms with Gasteiger partial charge in [-0.05, 0) is 23.1 Å². The van der Waals surface area contributed by atoms with Crippen LogP contribution in [0.15, 0.2) is 35.5 Å². The fourth-order valence-electron chi connectivity index (χ4n) is 1.28. The Morgan fingerprint density at radius 3 is 2.93 bits per heavy atom. The fraction of sp³-hybridized carbons (Fsp3) is 0.273. The molecule has 72 valence electrons. The van der Waals surface area contributed by atoms with E-state index in [1.165, 1.54) is 11.1 Å². The molecule has 0 saturated heterocycles. The summed E-state index contributed by atoms with van der Waals surface area (Å²) in [5.41, 5.74) is 10.6. The second-order valence-corrected chi connectivity index (χ2v) is 2.87. The van der Waals surface area contributed by atoms with E-state index in [-0.39, 0.29) is 0 Å². The summed E-state index contributed by atoms with van der Waals surface area (Å²) in [5.74, 6) is 0. The van der Waals surface area contributed by atoms with Crippen molar-refractivity contribution in [2.24, 2.45) is 5.11 Å². The summed E-state index contributed by atoms with van der Waals surface area (Å²) >= 11 is 0. The maximum Gasteiger partial charge on any atom is 0.0443 e. The van der Waals surface area contributed by atoms with Crippen molar-refractivity contribution >= 4 is 6.08 Å². The maximum absolute atomic E-state index is 8.09. The van der Waals surface area contributed by atoms with Crippen molar-refractivity contribution in [1.29, 1.82) is 0 Å². The molecule has 0 unspecified atom stereocenters. The molecule has 3 nitrogen and oxygen atoms in total. The highest BCUT2D eigenvalue weighted by atomic mass is 15.1. The number of benzene rings is 1. The highest BCUT2D eigenvalue weighted by Gasteiger charge is 1.93. The molecule has 14 heavy (non-hydrogen) atoms. The van der Waals surface area contributed by atoms with Crippen LogP contribution in [-0.2, 0) is 6.42 Å². The van der Waals surface area contributed by atoms with Crippen LogP contribution in [0.2, 0.25) is 0 Å². The van der Waals surface area contributed by atoms with Crippen molar-refractivity contribution in [1.82, 2.24) is 0 Å². The van der Waals surface area contributed by atoms with E-state index < -0.39 is 0 Å². The van der Waals surface area contributed by atoms with Crippen LogP contribution in [0, 0.1) is 0 Å². The SMILES string of the molecule is CCc1ccccc1C=CCN=[N+]=[N-]. The molecule has 0 saturated carbocycles. The lowest BCUT2D eigenvalue weighted by Gasteiger charge is -2.00. The van der Waals surface area contributed by atoms with Crippen LogP contribution in [-0.4, -0.2) is 6.54 Å². The number of nitrogens with zero attached hydrogens (tertiary/aromatic N) is 3. The first-order chi connectivity index (χ1) is 6.88. The number of rotatable bonds is 4. The van der Waals surface area contributed by atoms with E-state index in [0.29, 0.717) is 6.54 Å². The Hall–Kier alpha value is -1.73. The van der Waals surface area contributed by atoms with Gasteiger partial charge in [0.05, 0.1) is 0 Å². The molecule has 1 aromatic rings. The zero-order chi connectivity index (χ0) is 10.2. The Kier molecular flexibility index (Phi) is 4.32. The molecule has 0 aliphatic rings. The minimum Gasteiger partial charge on any atom is -0.0899 e. The lowest BCUT2D eigenvalue weighted by atomic mass is 10.1. The normalized spacial score (nSPS) is 10.1. The van der Waals surface area contributed by atoms with Gasteiger partial charge in [0.2, 0.25) is 0 Å². The monoisotopic (exact) mass is 187 g/mol. The van der Waals surface area contributed by atoms with E-state index in [2.05, 4.69) is 29.1 Å². The van der Waals surface area contributed by atoms with Crippen LogP contribution in [0.1, 0.15) is 18.1 Å². The summed E-state index contributed by atoms with van der Waals surface area (Å²) in [6.07, 6.45) is 4.88. The minimum atomic E-state index is 0.411. The molecule has 0 radical (unpaired) electrons. The van der Waals surface area contributed by atoms with Crippen molar-refractivity contribution in [2.45, 2.75) is 13.3 Å². The van der Waals surface area contributed by atoms with Crippen molar-refractivity contribution in [3.63, 3.8) is 0 Å². The first kappa shape index (κ1) is 10.4. The van der Waals surface area contributed by atoms with Crippen molar-refractivity contribution in [3.8, 4) is 0 Å². The predicted molar refractivity (Wildman–Crippen MR) is 58.9 cm³/mol. The molecule has 0 amide bonds. The van der Waals surface area contributed by atoms with Gasteiger partial charge in [0.15, 0.2) is 0 Å². The summed E-state index contributed by atoms with van der Waals surface area (Å²) in [5, 5.41) is 3.44.